The molecule has 0 aliphatic carbocycles. The number of benzene rings is 2. The summed E-state index contributed by atoms with van der Waals surface area (Å²) in [5, 5.41) is 10.5. The summed E-state index contributed by atoms with van der Waals surface area (Å²) in [6.45, 7) is 0. The third-order valence-electron chi connectivity index (χ3n) is 3.15. The maximum Gasteiger partial charge on any atom is 0.416 e. The quantitative estimate of drug-likeness (QED) is 0.413. The highest BCUT2D eigenvalue weighted by atomic mass is 35.5. The van der Waals surface area contributed by atoms with Crippen LogP contribution >= 0.6 is 19.2 Å². The molecule has 0 amide bonds. The smallest absolute Gasteiger partial charge is 0.416 e. The minimum atomic E-state index is -5.33. The van der Waals surface area contributed by atoms with E-state index in [4.69, 9.17) is 26.1 Å². The number of nitrogens with zero attached hydrogens (tertiary/aromatic N) is 1. The molecule has 0 heterocycles. The lowest BCUT2D eigenvalue weighted by Gasteiger charge is -2.12. The molecule has 2 rings (SSSR count). The Morgan fingerprint density at radius 1 is 1.19 bits per heavy atom. The van der Waals surface area contributed by atoms with Gasteiger partial charge < -0.3 is 14.5 Å². The summed E-state index contributed by atoms with van der Waals surface area (Å²) in [5.74, 6) is -0.577. The number of alkyl halides is 3. The molecular weight excluding hydrogens is 418 g/mol. The monoisotopic (exact) mass is 425 g/mol. The SMILES string of the molecule is O=C(c1cc(Oc2ccc(C(F)(F)F)cc2Cl)ccc1[N+](=O)[O-])P(=O)(O)O. The van der Waals surface area contributed by atoms with Crippen molar-refractivity contribution in [3.63, 3.8) is 0 Å². The summed E-state index contributed by atoms with van der Waals surface area (Å²) in [4.78, 5) is 39.5. The Bertz CT molecular complexity index is 974. The number of carbonyl (C=O) groups is 1. The van der Waals surface area contributed by atoms with Crippen LogP contribution in [0.4, 0.5) is 18.9 Å². The molecule has 0 saturated carbocycles. The second-order valence-corrected chi connectivity index (χ2v) is 6.93. The lowest BCUT2D eigenvalue weighted by atomic mass is 10.2. The number of carbonyl (C=O) groups excluding carboxylic acids is 1. The molecule has 8 nitrogen and oxygen atoms in total. The van der Waals surface area contributed by atoms with Crippen LogP contribution in [0.1, 0.15) is 15.9 Å². The molecule has 0 aliphatic rings. The Labute approximate surface area is 153 Å². The Balaban J connectivity index is 2.45. The largest absolute Gasteiger partial charge is 0.456 e. The van der Waals surface area contributed by atoms with Crippen molar-refractivity contribution in [3.05, 3.63) is 62.7 Å². The molecule has 0 spiro atoms. The van der Waals surface area contributed by atoms with E-state index in [2.05, 4.69) is 0 Å². The number of hydrogen-bond acceptors (Lipinski definition) is 5. The van der Waals surface area contributed by atoms with Crippen molar-refractivity contribution in [1.29, 1.82) is 0 Å². The number of halogens is 4. The van der Waals surface area contributed by atoms with Crippen LogP contribution in [0.5, 0.6) is 11.5 Å². The third-order valence-corrected chi connectivity index (χ3v) is 4.21. The highest BCUT2D eigenvalue weighted by Gasteiger charge is 2.34. The zero-order valence-corrected chi connectivity index (χ0v) is 14.5. The molecule has 27 heavy (non-hydrogen) atoms. The summed E-state index contributed by atoms with van der Waals surface area (Å²) >= 11 is 5.72. The molecular formula is C14H8ClF3NO7P. The van der Waals surface area contributed by atoms with Gasteiger partial charge in [0, 0.05) is 6.07 Å². The number of nitro benzene ring substituents is 1. The van der Waals surface area contributed by atoms with Crippen molar-refractivity contribution >= 4 is 30.4 Å². The van der Waals surface area contributed by atoms with Crippen LogP contribution in [0.2, 0.25) is 5.02 Å². The molecule has 2 aromatic rings. The van der Waals surface area contributed by atoms with E-state index in [0.29, 0.717) is 18.2 Å². The maximum absolute atomic E-state index is 12.6. The fourth-order valence-electron chi connectivity index (χ4n) is 1.95. The van der Waals surface area contributed by atoms with Gasteiger partial charge in [-0.05, 0) is 30.3 Å². The standard InChI is InChI=1S/C14H8ClF3NO7P/c15-10-5-7(14(16,17)18)1-4-12(10)26-8-2-3-11(19(21)22)9(6-8)13(20)27(23,24)25/h1-6H,(H2,23,24,25). The summed E-state index contributed by atoms with van der Waals surface area (Å²) in [6.07, 6.45) is -4.64. The van der Waals surface area contributed by atoms with Gasteiger partial charge in [0.1, 0.15) is 17.1 Å². The Kier molecular flexibility index (Phi) is 5.62. The fraction of sp³-hybridized carbons (Fsp3) is 0.0714. The average molecular weight is 426 g/mol. The molecule has 13 heteroatoms. The second-order valence-electron chi connectivity index (χ2n) is 5.03. The van der Waals surface area contributed by atoms with Crippen LogP contribution in [0, 0.1) is 10.1 Å². The molecule has 0 saturated heterocycles. The lowest BCUT2D eigenvalue weighted by molar-refractivity contribution is -0.385. The van der Waals surface area contributed by atoms with Crippen molar-refractivity contribution in [2.45, 2.75) is 6.18 Å². The van der Waals surface area contributed by atoms with Gasteiger partial charge in [0.2, 0.25) is 0 Å². The molecule has 2 aromatic carbocycles. The van der Waals surface area contributed by atoms with Crippen molar-refractivity contribution < 1.29 is 42.0 Å². The zero-order chi connectivity index (χ0) is 20.6. The van der Waals surface area contributed by atoms with E-state index in [9.17, 15) is 32.6 Å². The Morgan fingerprint density at radius 2 is 1.81 bits per heavy atom. The molecule has 0 unspecified atom stereocenters. The average Bonchev–Trinajstić information content (AvgIpc) is 2.53. The predicted octanol–water partition coefficient (Wildman–Crippen LogP) is 4.38. The van der Waals surface area contributed by atoms with Gasteiger partial charge in [0.05, 0.1) is 15.5 Å². The Morgan fingerprint density at radius 3 is 2.30 bits per heavy atom. The summed E-state index contributed by atoms with van der Waals surface area (Å²) in [7, 11) is -5.33. The highest BCUT2D eigenvalue weighted by molar-refractivity contribution is 7.70. The molecule has 0 radical (unpaired) electrons. The fourth-order valence-corrected chi connectivity index (χ4v) is 2.66. The molecule has 2 N–H and O–H groups in total. The maximum atomic E-state index is 12.6. The van der Waals surface area contributed by atoms with Gasteiger partial charge in [0.15, 0.2) is 0 Å². The van der Waals surface area contributed by atoms with Gasteiger partial charge in [-0.3, -0.25) is 19.5 Å². The minimum Gasteiger partial charge on any atom is -0.456 e. The number of ether oxygens (including phenoxy) is 1. The van der Waals surface area contributed by atoms with Crippen LogP contribution in [0.25, 0.3) is 0 Å². The van der Waals surface area contributed by atoms with Gasteiger partial charge in [-0.15, -0.1) is 0 Å². The molecule has 0 fully saturated rings. The Hall–Kier alpha value is -2.46. The van der Waals surface area contributed by atoms with Crippen LogP contribution < -0.4 is 4.74 Å². The normalized spacial score (nSPS) is 11.9. The first kappa shape index (κ1) is 20.8. The first-order valence-electron chi connectivity index (χ1n) is 6.74. The number of rotatable bonds is 5. The van der Waals surface area contributed by atoms with Gasteiger partial charge in [-0.25, -0.2) is 0 Å². The van der Waals surface area contributed by atoms with Crippen LogP contribution in [-0.2, 0) is 10.7 Å². The number of nitro groups is 1. The van der Waals surface area contributed by atoms with Gasteiger partial charge in [0.25, 0.3) is 11.2 Å². The van der Waals surface area contributed by atoms with E-state index in [1.807, 2.05) is 0 Å². The van der Waals surface area contributed by atoms with Crippen molar-refractivity contribution in [3.8, 4) is 11.5 Å². The predicted molar refractivity (Wildman–Crippen MR) is 86.0 cm³/mol. The molecule has 0 aromatic heterocycles. The van der Waals surface area contributed by atoms with E-state index < -0.39 is 46.1 Å². The summed E-state index contributed by atoms with van der Waals surface area (Å²) < 4.78 is 54.2. The van der Waals surface area contributed by atoms with E-state index in [1.165, 1.54) is 0 Å². The second kappa shape index (κ2) is 7.28. The van der Waals surface area contributed by atoms with E-state index in [-0.39, 0.29) is 11.5 Å². The first-order valence-corrected chi connectivity index (χ1v) is 8.73. The first-order chi connectivity index (χ1) is 12.3. The molecule has 144 valence electrons. The van der Waals surface area contributed by atoms with Crippen LogP contribution in [0.15, 0.2) is 36.4 Å². The molecule has 0 atom stereocenters. The van der Waals surface area contributed by atoms with Gasteiger partial charge in [-0.2, -0.15) is 13.2 Å². The van der Waals surface area contributed by atoms with Crippen LogP contribution in [0.3, 0.4) is 0 Å². The zero-order valence-electron chi connectivity index (χ0n) is 12.8. The van der Waals surface area contributed by atoms with Gasteiger partial charge in [-0.1, -0.05) is 11.6 Å². The molecule has 0 aliphatic heterocycles. The number of hydrogen-bond donors (Lipinski definition) is 2. The van der Waals surface area contributed by atoms with E-state index in [1.54, 1.807) is 0 Å². The van der Waals surface area contributed by atoms with Gasteiger partial charge >= 0.3 is 13.8 Å². The summed E-state index contributed by atoms with van der Waals surface area (Å²) in [6, 6.07) is 4.59. The highest BCUT2D eigenvalue weighted by Crippen LogP contribution is 2.43. The van der Waals surface area contributed by atoms with E-state index >= 15 is 0 Å². The topological polar surface area (TPSA) is 127 Å². The third kappa shape index (κ3) is 4.83. The molecule has 0 bridgehead atoms. The van der Waals surface area contributed by atoms with Crippen molar-refractivity contribution in [2.75, 3.05) is 0 Å². The van der Waals surface area contributed by atoms with Crippen molar-refractivity contribution in [2.24, 2.45) is 0 Å². The summed E-state index contributed by atoms with van der Waals surface area (Å²) in [5.41, 5.74) is -4.65. The van der Waals surface area contributed by atoms with Crippen LogP contribution in [-0.4, -0.2) is 20.2 Å². The minimum absolute atomic E-state index is 0.270. The lowest BCUT2D eigenvalue weighted by Crippen LogP contribution is -2.05. The van der Waals surface area contributed by atoms with E-state index in [0.717, 1.165) is 18.2 Å². The van der Waals surface area contributed by atoms with Crippen molar-refractivity contribution in [1.82, 2.24) is 0 Å².